The molecule has 1 heterocycles. The van der Waals surface area contributed by atoms with Crippen LogP contribution in [0.15, 0.2) is 0 Å². The SMILES string of the molecule is CCN(CC1C(NC)C(C)(C)OC1(C)C)C(C)COC. The third kappa shape index (κ3) is 3.73. The second-order valence-electron chi connectivity index (χ2n) is 7.07. The van der Waals surface area contributed by atoms with Gasteiger partial charge in [0, 0.05) is 31.7 Å². The van der Waals surface area contributed by atoms with Crippen LogP contribution in [0.5, 0.6) is 0 Å². The van der Waals surface area contributed by atoms with Crippen molar-refractivity contribution in [2.75, 3.05) is 33.9 Å². The Morgan fingerprint density at radius 1 is 1.25 bits per heavy atom. The van der Waals surface area contributed by atoms with Crippen molar-refractivity contribution >= 4 is 0 Å². The van der Waals surface area contributed by atoms with Gasteiger partial charge in [-0.1, -0.05) is 6.92 Å². The van der Waals surface area contributed by atoms with E-state index in [1.54, 1.807) is 7.11 Å². The van der Waals surface area contributed by atoms with Crippen LogP contribution in [-0.2, 0) is 9.47 Å². The van der Waals surface area contributed by atoms with Crippen LogP contribution in [0.4, 0.5) is 0 Å². The van der Waals surface area contributed by atoms with E-state index in [-0.39, 0.29) is 11.2 Å². The topological polar surface area (TPSA) is 33.7 Å². The zero-order valence-electron chi connectivity index (χ0n) is 14.6. The van der Waals surface area contributed by atoms with E-state index in [9.17, 15) is 0 Å². The Hall–Kier alpha value is -0.160. The lowest BCUT2D eigenvalue weighted by Crippen LogP contribution is -2.51. The highest BCUT2D eigenvalue weighted by atomic mass is 16.5. The molecule has 0 saturated carbocycles. The van der Waals surface area contributed by atoms with Crippen LogP contribution in [0.1, 0.15) is 41.5 Å². The highest BCUT2D eigenvalue weighted by Gasteiger charge is 2.53. The fraction of sp³-hybridized carbons (Fsp3) is 1.00. The third-order valence-electron chi connectivity index (χ3n) is 4.75. The molecule has 0 amide bonds. The van der Waals surface area contributed by atoms with Crippen LogP contribution in [0.2, 0.25) is 0 Å². The lowest BCUT2D eigenvalue weighted by molar-refractivity contribution is -0.0803. The fourth-order valence-electron chi connectivity index (χ4n) is 3.80. The number of hydrogen-bond donors (Lipinski definition) is 1. The molecule has 0 aromatic heterocycles. The first kappa shape index (κ1) is 17.9. The first-order chi connectivity index (χ1) is 9.19. The lowest BCUT2D eigenvalue weighted by Gasteiger charge is -2.36. The molecule has 3 unspecified atom stereocenters. The summed E-state index contributed by atoms with van der Waals surface area (Å²) in [6.45, 7) is 16.1. The number of hydrogen-bond acceptors (Lipinski definition) is 4. The molecule has 0 aromatic rings. The Balaban J connectivity index is 2.86. The van der Waals surface area contributed by atoms with Gasteiger partial charge < -0.3 is 14.8 Å². The molecule has 1 rings (SSSR count). The summed E-state index contributed by atoms with van der Waals surface area (Å²) in [7, 11) is 3.81. The van der Waals surface area contributed by atoms with E-state index < -0.39 is 0 Å². The van der Waals surface area contributed by atoms with Gasteiger partial charge in [0.2, 0.25) is 0 Å². The Kier molecular flexibility index (Phi) is 6.02. The number of nitrogens with one attached hydrogen (secondary N) is 1. The average Bonchev–Trinajstić information content (AvgIpc) is 2.50. The van der Waals surface area contributed by atoms with Crippen LogP contribution in [0.3, 0.4) is 0 Å². The predicted octanol–water partition coefficient (Wildman–Crippen LogP) is 2.13. The highest BCUT2D eigenvalue weighted by Crippen LogP contribution is 2.42. The number of methoxy groups -OCH3 is 1. The van der Waals surface area contributed by atoms with Crippen LogP contribution < -0.4 is 5.32 Å². The van der Waals surface area contributed by atoms with Gasteiger partial charge in [-0.2, -0.15) is 0 Å². The van der Waals surface area contributed by atoms with Crippen molar-refractivity contribution in [3.05, 3.63) is 0 Å². The van der Waals surface area contributed by atoms with E-state index in [0.29, 0.717) is 18.0 Å². The van der Waals surface area contributed by atoms with Crippen LogP contribution >= 0.6 is 0 Å². The Morgan fingerprint density at radius 2 is 1.85 bits per heavy atom. The van der Waals surface area contributed by atoms with Crippen molar-refractivity contribution in [1.29, 1.82) is 0 Å². The largest absolute Gasteiger partial charge is 0.383 e. The maximum atomic E-state index is 6.32. The van der Waals surface area contributed by atoms with E-state index >= 15 is 0 Å². The van der Waals surface area contributed by atoms with Gasteiger partial charge in [-0.15, -0.1) is 0 Å². The van der Waals surface area contributed by atoms with E-state index in [2.05, 4.69) is 51.8 Å². The summed E-state index contributed by atoms with van der Waals surface area (Å²) in [6, 6.07) is 0.795. The van der Waals surface area contributed by atoms with Crippen molar-refractivity contribution in [3.8, 4) is 0 Å². The second kappa shape index (κ2) is 6.73. The molecule has 1 aliphatic heterocycles. The number of ether oxygens (including phenoxy) is 2. The second-order valence-corrected chi connectivity index (χ2v) is 7.07. The van der Waals surface area contributed by atoms with Gasteiger partial charge in [0.05, 0.1) is 17.8 Å². The summed E-state index contributed by atoms with van der Waals surface area (Å²) in [6.07, 6.45) is 0. The molecule has 1 aliphatic rings. The minimum atomic E-state index is -0.132. The summed E-state index contributed by atoms with van der Waals surface area (Å²) >= 11 is 0. The minimum absolute atomic E-state index is 0.114. The Labute approximate surface area is 125 Å². The van der Waals surface area contributed by atoms with E-state index in [4.69, 9.17) is 9.47 Å². The number of rotatable bonds is 7. The van der Waals surface area contributed by atoms with Gasteiger partial charge in [0.1, 0.15) is 0 Å². The van der Waals surface area contributed by atoms with Crippen LogP contribution in [0.25, 0.3) is 0 Å². The molecule has 0 aromatic carbocycles. The summed E-state index contributed by atoms with van der Waals surface area (Å²) in [4.78, 5) is 2.49. The molecule has 0 bridgehead atoms. The molecule has 4 nitrogen and oxygen atoms in total. The summed E-state index contributed by atoms with van der Waals surface area (Å²) in [5, 5.41) is 3.48. The minimum Gasteiger partial charge on any atom is -0.383 e. The quantitative estimate of drug-likeness (QED) is 0.777. The summed E-state index contributed by atoms with van der Waals surface area (Å²) in [5.74, 6) is 0.460. The molecule has 3 atom stereocenters. The fourth-order valence-corrected chi connectivity index (χ4v) is 3.80. The van der Waals surface area contributed by atoms with E-state index in [1.165, 1.54) is 0 Å². The zero-order chi connectivity index (χ0) is 15.6. The van der Waals surface area contributed by atoms with Gasteiger partial charge >= 0.3 is 0 Å². The Bertz CT molecular complexity index is 305. The molecule has 1 fully saturated rings. The molecule has 20 heavy (non-hydrogen) atoms. The normalized spacial score (nSPS) is 29.9. The van der Waals surface area contributed by atoms with E-state index in [1.807, 2.05) is 7.05 Å². The first-order valence-electron chi connectivity index (χ1n) is 7.80. The van der Waals surface area contributed by atoms with Gasteiger partial charge in [-0.05, 0) is 48.2 Å². The lowest BCUT2D eigenvalue weighted by atomic mass is 9.82. The van der Waals surface area contributed by atoms with Gasteiger partial charge in [-0.3, -0.25) is 4.90 Å². The highest BCUT2D eigenvalue weighted by molar-refractivity contribution is 5.05. The summed E-state index contributed by atoms with van der Waals surface area (Å²) in [5.41, 5.74) is -0.246. The zero-order valence-corrected chi connectivity index (χ0v) is 14.6. The number of likely N-dealkylation sites (N-methyl/N-ethyl adjacent to an activating group) is 2. The molecule has 1 saturated heterocycles. The smallest absolute Gasteiger partial charge is 0.0790 e. The van der Waals surface area contributed by atoms with Crippen LogP contribution in [-0.4, -0.2) is 62.0 Å². The standard InChI is InChI=1S/C16H34N2O2/c1-9-18(12(2)11-19-8)10-13-14(17-7)16(5,6)20-15(13,3)4/h12-14,17H,9-11H2,1-8H3. The molecule has 1 N–H and O–H groups in total. The maximum Gasteiger partial charge on any atom is 0.0790 e. The Morgan fingerprint density at radius 3 is 2.30 bits per heavy atom. The molecule has 0 radical (unpaired) electrons. The molecule has 0 aliphatic carbocycles. The first-order valence-corrected chi connectivity index (χ1v) is 7.80. The van der Waals surface area contributed by atoms with Crippen molar-refractivity contribution in [2.24, 2.45) is 5.92 Å². The predicted molar refractivity (Wildman–Crippen MR) is 84.2 cm³/mol. The molecule has 120 valence electrons. The molecular weight excluding hydrogens is 252 g/mol. The average molecular weight is 286 g/mol. The third-order valence-corrected chi connectivity index (χ3v) is 4.75. The van der Waals surface area contributed by atoms with Gasteiger partial charge in [0.25, 0.3) is 0 Å². The van der Waals surface area contributed by atoms with Crippen molar-refractivity contribution in [3.63, 3.8) is 0 Å². The summed E-state index contributed by atoms with van der Waals surface area (Å²) < 4.78 is 11.6. The molecule has 4 heteroatoms. The monoisotopic (exact) mass is 286 g/mol. The molecule has 0 spiro atoms. The van der Waals surface area contributed by atoms with Gasteiger partial charge in [-0.25, -0.2) is 0 Å². The van der Waals surface area contributed by atoms with Crippen molar-refractivity contribution in [2.45, 2.75) is 64.8 Å². The van der Waals surface area contributed by atoms with Gasteiger partial charge in [0.15, 0.2) is 0 Å². The van der Waals surface area contributed by atoms with E-state index in [0.717, 1.165) is 19.7 Å². The maximum absolute atomic E-state index is 6.32. The number of nitrogens with zero attached hydrogens (tertiary/aromatic N) is 1. The van der Waals surface area contributed by atoms with Crippen molar-refractivity contribution in [1.82, 2.24) is 10.2 Å². The van der Waals surface area contributed by atoms with Crippen molar-refractivity contribution < 1.29 is 9.47 Å². The van der Waals surface area contributed by atoms with Crippen LogP contribution in [0, 0.1) is 5.92 Å². The molecular formula is C16H34N2O2.